The van der Waals surface area contributed by atoms with Crippen molar-refractivity contribution in [3.05, 3.63) is 11.6 Å². The summed E-state index contributed by atoms with van der Waals surface area (Å²) in [5.74, 6) is 2.64. The Morgan fingerprint density at radius 2 is 1.61 bits per heavy atom. The number of aliphatic hydroxyl groups is 7. The van der Waals surface area contributed by atoms with Crippen LogP contribution in [0.4, 0.5) is 0 Å². The molecule has 0 aromatic heterocycles. The molecule has 51 heavy (non-hydrogen) atoms. The summed E-state index contributed by atoms with van der Waals surface area (Å²) in [6, 6.07) is 0. The standard InChI is InChI=1S/C39H64O12/c1-18-6-9-27(47-17-18)19(2)29-26(41)15-25-23-8-7-21-14-22(10-12-38(21,4)24(23)11-13-39(25,29)5)49-37-35(33(45)31(43)28(16-40)50-37)51-36-34(46)32(44)30(42)20(3)48-36/h7,18-20,22-37,40-46H,6,8-17H2,1-5H3/t18-,19-,20?,22+,23-,24+,25+,26+,27+,28?,29+,30+,31-,32+,33+,34?,35?,36+,37-,38+,39+/m1/s1. The Labute approximate surface area is 302 Å². The highest BCUT2D eigenvalue weighted by Gasteiger charge is 2.62. The molecule has 21 atom stereocenters. The number of allylic oxidation sites excluding steroid dienone is 1. The summed E-state index contributed by atoms with van der Waals surface area (Å²) in [6.45, 7) is 11.2. The second kappa shape index (κ2) is 14.7. The summed E-state index contributed by atoms with van der Waals surface area (Å²) in [4.78, 5) is 0. The summed E-state index contributed by atoms with van der Waals surface area (Å²) in [7, 11) is 0. The van der Waals surface area contributed by atoms with Crippen LogP contribution in [0.3, 0.4) is 0 Å². The molecule has 0 spiro atoms. The largest absolute Gasteiger partial charge is 0.394 e. The van der Waals surface area contributed by atoms with Crippen LogP contribution in [0.15, 0.2) is 11.6 Å². The molecule has 3 saturated carbocycles. The molecule has 4 unspecified atom stereocenters. The molecule has 0 bridgehead atoms. The number of hydrogen-bond donors (Lipinski definition) is 7. The van der Waals surface area contributed by atoms with Gasteiger partial charge in [-0.15, -0.1) is 0 Å². The molecule has 12 nitrogen and oxygen atoms in total. The van der Waals surface area contributed by atoms with Gasteiger partial charge in [-0.3, -0.25) is 0 Å². The number of rotatable bonds is 7. The minimum absolute atomic E-state index is 0.00120. The summed E-state index contributed by atoms with van der Waals surface area (Å²) in [5.41, 5.74) is 1.44. The Balaban J connectivity index is 1.05. The van der Waals surface area contributed by atoms with E-state index in [2.05, 4.69) is 33.8 Å². The van der Waals surface area contributed by atoms with E-state index in [0.717, 1.165) is 51.6 Å². The second-order valence-corrected chi connectivity index (χ2v) is 18.0. The molecule has 3 heterocycles. The van der Waals surface area contributed by atoms with Gasteiger partial charge in [0, 0.05) is 6.61 Å². The lowest BCUT2D eigenvalue weighted by atomic mass is 9.47. The van der Waals surface area contributed by atoms with Crippen molar-refractivity contribution in [2.45, 2.75) is 172 Å². The van der Waals surface area contributed by atoms with E-state index in [1.54, 1.807) is 0 Å². The third-order valence-corrected chi connectivity index (χ3v) is 15.1. The molecule has 12 heteroatoms. The topological polar surface area (TPSA) is 188 Å². The van der Waals surface area contributed by atoms with Crippen LogP contribution in [0, 0.1) is 46.3 Å². The maximum atomic E-state index is 11.7. The third kappa shape index (κ3) is 6.69. The van der Waals surface area contributed by atoms with Crippen molar-refractivity contribution >= 4 is 0 Å². The Bertz CT molecular complexity index is 1240. The molecular weight excluding hydrogens is 660 g/mol. The lowest BCUT2D eigenvalue weighted by Gasteiger charge is -2.58. The summed E-state index contributed by atoms with van der Waals surface area (Å²) in [5, 5.41) is 74.5. The van der Waals surface area contributed by atoms with Crippen LogP contribution in [-0.2, 0) is 23.7 Å². The zero-order valence-electron chi connectivity index (χ0n) is 31.0. The van der Waals surface area contributed by atoms with Gasteiger partial charge in [-0.25, -0.2) is 0 Å². The second-order valence-electron chi connectivity index (χ2n) is 18.0. The van der Waals surface area contributed by atoms with Crippen molar-refractivity contribution < 1.29 is 59.4 Å². The molecule has 7 aliphatic rings. The normalized spacial score (nSPS) is 55.3. The smallest absolute Gasteiger partial charge is 0.187 e. The predicted octanol–water partition coefficient (Wildman–Crippen LogP) is 2.02. The molecule has 4 aliphatic carbocycles. The van der Waals surface area contributed by atoms with Crippen LogP contribution in [0.1, 0.15) is 92.4 Å². The van der Waals surface area contributed by atoms with Crippen molar-refractivity contribution in [1.82, 2.24) is 0 Å². The lowest BCUT2D eigenvalue weighted by molar-refractivity contribution is -0.369. The number of fused-ring (bicyclic) bond motifs is 5. The minimum atomic E-state index is -1.62. The first-order valence-corrected chi connectivity index (χ1v) is 19.8. The Kier molecular flexibility index (Phi) is 11.1. The molecule has 7 N–H and O–H groups in total. The van der Waals surface area contributed by atoms with Gasteiger partial charge in [-0.05, 0) is 111 Å². The zero-order chi connectivity index (χ0) is 36.6. The molecule has 7 rings (SSSR count). The average molecular weight is 725 g/mol. The first kappa shape index (κ1) is 38.5. The monoisotopic (exact) mass is 724 g/mol. The average Bonchev–Trinajstić information content (AvgIpc) is 3.38. The fourth-order valence-electron chi connectivity index (χ4n) is 12.1. The Hall–Kier alpha value is -0.740. The first-order valence-electron chi connectivity index (χ1n) is 19.8. The van der Waals surface area contributed by atoms with Gasteiger partial charge >= 0.3 is 0 Å². The molecule has 0 aromatic rings. The van der Waals surface area contributed by atoms with E-state index < -0.39 is 68.0 Å². The highest BCUT2D eigenvalue weighted by molar-refractivity contribution is 5.26. The van der Waals surface area contributed by atoms with Gasteiger partial charge < -0.3 is 59.4 Å². The first-order chi connectivity index (χ1) is 24.2. The van der Waals surface area contributed by atoms with E-state index in [1.165, 1.54) is 18.9 Å². The number of ether oxygens (including phenoxy) is 5. The van der Waals surface area contributed by atoms with Crippen LogP contribution in [0.5, 0.6) is 0 Å². The van der Waals surface area contributed by atoms with Crippen molar-refractivity contribution in [3.63, 3.8) is 0 Å². The SMILES string of the molecule is CC1O[C@@H](OC2[C@H](O[C@H]3CC[C@@]4(C)C(=CC[C@H]5[C@@H]6C[C@H](O)[C@H]([C@H](C)[C@@H]7CC[C@@H](C)CO7)[C@@]6(C)CC[C@@H]54)C3)OC(CO)[C@@H](O)[C@@H]2O)C(O)[C@@H](O)[C@H]1O. The van der Waals surface area contributed by atoms with Gasteiger partial charge in [-0.1, -0.05) is 39.3 Å². The number of hydrogen-bond acceptors (Lipinski definition) is 12. The number of aliphatic hydroxyl groups excluding tert-OH is 7. The van der Waals surface area contributed by atoms with E-state index in [-0.39, 0.29) is 35.1 Å². The highest BCUT2D eigenvalue weighted by Crippen LogP contribution is 2.67. The lowest BCUT2D eigenvalue weighted by Crippen LogP contribution is -2.64. The maximum absolute atomic E-state index is 11.7. The van der Waals surface area contributed by atoms with Crippen molar-refractivity contribution in [3.8, 4) is 0 Å². The summed E-state index contributed by atoms with van der Waals surface area (Å²) >= 11 is 0. The molecular formula is C39H64O12. The third-order valence-electron chi connectivity index (χ3n) is 15.1. The van der Waals surface area contributed by atoms with Crippen LogP contribution < -0.4 is 0 Å². The minimum Gasteiger partial charge on any atom is -0.394 e. The van der Waals surface area contributed by atoms with E-state index in [0.29, 0.717) is 36.0 Å². The summed E-state index contributed by atoms with van der Waals surface area (Å²) < 4.78 is 30.4. The zero-order valence-corrected chi connectivity index (χ0v) is 31.0. The van der Waals surface area contributed by atoms with Crippen molar-refractivity contribution in [2.75, 3.05) is 13.2 Å². The molecule has 0 amide bonds. The van der Waals surface area contributed by atoms with Gasteiger partial charge in [0.25, 0.3) is 0 Å². The molecule has 292 valence electrons. The van der Waals surface area contributed by atoms with Gasteiger partial charge in [0.15, 0.2) is 12.6 Å². The fraction of sp³-hybridized carbons (Fsp3) is 0.949. The van der Waals surface area contributed by atoms with Crippen LogP contribution in [0.2, 0.25) is 0 Å². The molecule has 3 aliphatic heterocycles. The van der Waals surface area contributed by atoms with E-state index in [9.17, 15) is 35.7 Å². The fourth-order valence-corrected chi connectivity index (χ4v) is 12.1. The van der Waals surface area contributed by atoms with Gasteiger partial charge in [0.1, 0.15) is 42.7 Å². The maximum Gasteiger partial charge on any atom is 0.187 e. The molecule has 3 saturated heterocycles. The van der Waals surface area contributed by atoms with Gasteiger partial charge in [-0.2, -0.15) is 0 Å². The molecule has 0 aromatic carbocycles. The predicted molar refractivity (Wildman–Crippen MR) is 184 cm³/mol. The molecule has 6 fully saturated rings. The summed E-state index contributed by atoms with van der Waals surface area (Å²) in [6.07, 6.45) is -2.75. The van der Waals surface area contributed by atoms with E-state index in [1.807, 2.05) is 0 Å². The van der Waals surface area contributed by atoms with E-state index in [4.69, 9.17) is 23.7 Å². The quantitative estimate of drug-likeness (QED) is 0.190. The van der Waals surface area contributed by atoms with Crippen LogP contribution in [0.25, 0.3) is 0 Å². The Morgan fingerprint density at radius 3 is 2.31 bits per heavy atom. The van der Waals surface area contributed by atoms with Crippen LogP contribution in [-0.4, -0.2) is 129 Å². The Morgan fingerprint density at radius 1 is 0.843 bits per heavy atom. The molecule has 0 radical (unpaired) electrons. The highest BCUT2D eigenvalue weighted by atomic mass is 16.8. The van der Waals surface area contributed by atoms with E-state index >= 15 is 0 Å². The van der Waals surface area contributed by atoms with Gasteiger partial charge in [0.05, 0.1) is 31.0 Å². The van der Waals surface area contributed by atoms with Gasteiger partial charge in [0.2, 0.25) is 0 Å². The van der Waals surface area contributed by atoms with Crippen molar-refractivity contribution in [2.24, 2.45) is 46.3 Å². The van der Waals surface area contributed by atoms with Crippen molar-refractivity contribution in [1.29, 1.82) is 0 Å². The van der Waals surface area contributed by atoms with Crippen LogP contribution >= 0.6 is 0 Å².